The van der Waals surface area contributed by atoms with Crippen LogP contribution < -0.4 is 0 Å². The molecule has 4 saturated carbocycles. The first-order valence-electron chi connectivity index (χ1n) is 22.1. The molecule has 0 aromatic rings. The van der Waals surface area contributed by atoms with Gasteiger partial charge in [-0.15, -0.1) is 0 Å². The minimum atomic E-state index is -0.923. The van der Waals surface area contributed by atoms with Crippen LogP contribution >= 0.6 is 0 Å². The van der Waals surface area contributed by atoms with Gasteiger partial charge in [-0.25, -0.2) is 4.79 Å². The lowest BCUT2D eigenvalue weighted by Gasteiger charge is -2.61. The van der Waals surface area contributed by atoms with Gasteiger partial charge in [-0.3, -0.25) is 24.0 Å². The number of hydrogen-bond donors (Lipinski definition) is 0. The van der Waals surface area contributed by atoms with Crippen molar-refractivity contribution in [3.8, 4) is 0 Å². The zero-order valence-electron chi connectivity index (χ0n) is 35.8. The highest BCUT2D eigenvalue weighted by atomic mass is 16.8. The first kappa shape index (κ1) is 47.0. The summed E-state index contributed by atoms with van der Waals surface area (Å²) in [6.07, 6.45) is 19.0. The maximum absolute atomic E-state index is 12.5. The van der Waals surface area contributed by atoms with Crippen LogP contribution in [0, 0.1) is 40.4 Å². The number of carbonyl (C=O) groups is 6. The molecule has 0 N–H and O–H groups in total. The van der Waals surface area contributed by atoms with E-state index in [4.69, 9.17) is 28.4 Å². The molecule has 4 aliphatic carbocycles. The Morgan fingerprint density at radius 2 is 1.24 bits per heavy atom. The second-order valence-corrected chi connectivity index (χ2v) is 17.5. The normalized spacial score (nSPS) is 28.9. The molecule has 4 rings (SSSR count). The van der Waals surface area contributed by atoms with Crippen molar-refractivity contribution in [1.82, 2.24) is 0 Å². The highest BCUT2D eigenvalue weighted by Crippen LogP contribution is 2.67. The van der Waals surface area contributed by atoms with E-state index in [9.17, 15) is 28.8 Å². The average Bonchev–Trinajstić information content (AvgIpc) is 3.55. The lowest BCUT2D eigenvalue weighted by atomic mass is 9.44. The molecule has 0 unspecified atom stereocenters. The van der Waals surface area contributed by atoms with Gasteiger partial charge in [0.2, 0.25) is 6.79 Å². The van der Waals surface area contributed by atoms with Crippen LogP contribution in [0.15, 0.2) is 24.3 Å². The van der Waals surface area contributed by atoms with E-state index >= 15 is 0 Å². The van der Waals surface area contributed by atoms with E-state index in [0.29, 0.717) is 55.1 Å². The van der Waals surface area contributed by atoms with Crippen LogP contribution in [-0.2, 0) is 52.4 Å². The molecule has 0 aliphatic heterocycles. The highest BCUT2D eigenvalue weighted by Gasteiger charge is 2.61. The summed E-state index contributed by atoms with van der Waals surface area (Å²) in [5.74, 6) is 1.09. The molecular weight excluding hydrogens is 744 g/mol. The van der Waals surface area contributed by atoms with Crippen LogP contribution in [0.4, 0.5) is 4.79 Å². The maximum Gasteiger partial charge on any atom is 0.511 e. The van der Waals surface area contributed by atoms with Crippen molar-refractivity contribution in [3.63, 3.8) is 0 Å². The molecule has 58 heavy (non-hydrogen) atoms. The van der Waals surface area contributed by atoms with Crippen molar-refractivity contribution in [2.24, 2.45) is 40.4 Å². The van der Waals surface area contributed by atoms with Crippen molar-refractivity contribution in [2.45, 2.75) is 169 Å². The number of hydrogen-bond acceptors (Lipinski definition) is 12. The Morgan fingerprint density at radius 1 is 0.638 bits per heavy atom. The number of ether oxygens (including phenoxy) is 6. The van der Waals surface area contributed by atoms with Crippen molar-refractivity contribution in [3.05, 3.63) is 24.3 Å². The second kappa shape index (κ2) is 23.2. The smallest absolute Gasteiger partial charge is 0.461 e. The van der Waals surface area contributed by atoms with Crippen LogP contribution in [0.5, 0.6) is 0 Å². The zero-order valence-corrected chi connectivity index (χ0v) is 35.8. The third-order valence-corrected chi connectivity index (χ3v) is 13.8. The summed E-state index contributed by atoms with van der Waals surface area (Å²) >= 11 is 0. The molecule has 326 valence electrons. The molecule has 12 heteroatoms. The number of fused-ring (bicyclic) bond motifs is 5. The Bertz CT molecular complexity index is 1420. The first-order chi connectivity index (χ1) is 27.8. The lowest BCUT2D eigenvalue weighted by molar-refractivity contribution is -0.166. The molecule has 4 aliphatic rings. The van der Waals surface area contributed by atoms with E-state index in [-0.39, 0.29) is 61.7 Å². The van der Waals surface area contributed by atoms with Crippen molar-refractivity contribution < 1.29 is 57.2 Å². The summed E-state index contributed by atoms with van der Waals surface area (Å²) in [6.45, 7) is 9.58. The summed E-state index contributed by atoms with van der Waals surface area (Å²) in [4.78, 5) is 73.9. The minimum absolute atomic E-state index is 0.0946. The maximum atomic E-state index is 12.5. The Balaban J connectivity index is 1.07. The van der Waals surface area contributed by atoms with Crippen LogP contribution in [-0.4, -0.2) is 68.0 Å². The largest absolute Gasteiger partial charge is 0.511 e. The Labute approximate surface area is 345 Å². The van der Waals surface area contributed by atoms with Gasteiger partial charge < -0.3 is 28.4 Å². The monoisotopic (exact) mass is 814 g/mol. The summed E-state index contributed by atoms with van der Waals surface area (Å²) in [5, 5.41) is 0. The number of esters is 4. The fourth-order valence-corrected chi connectivity index (χ4v) is 10.8. The summed E-state index contributed by atoms with van der Waals surface area (Å²) in [7, 11) is 0. The van der Waals surface area contributed by atoms with Gasteiger partial charge in [0.15, 0.2) is 6.10 Å². The van der Waals surface area contributed by atoms with Gasteiger partial charge in [-0.1, -0.05) is 64.8 Å². The number of unbranched alkanes of at least 4 members (excludes halogenated alkanes) is 3. The second-order valence-electron chi connectivity index (χ2n) is 17.5. The van der Waals surface area contributed by atoms with E-state index in [1.165, 1.54) is 19.3 Å². The summed E-state index contributed by atoms with van der Waals surface area (Å²) in [6, 6.07) is 0. The van der Waals surface area contributed by atoms with E-state index in [1.807, 2.05) is 26.0 Å². The van der Waals surface area contributed by atoms with Gasteiger partial charge in [0.05, 0.1) is 12.8 Å². The van der Waals surface area contributed by atoms with Gasteiger partial charge in [-0.05, 0) is 125 Å². The van der Waals surface area contributed by atoms with Crippen LogP contribution in [0.1, 0.15) is 157 Å². The average molecular weight is 815 g/mol. The van der Waals surface area contributed by atoms with Gasteiger partial charge >= 0.3 is 30.0 Å². The quantitative estimate of drug-likeness (QED) is 0.0336. The fourth-order valence-electron chi connectivity index (χ4n) is 10.8. The van der Waals surface area contributed by atoms with Crippen molar-refractivity contribution in [2.75, 3.05) is 20.0 Å². The van der Waals surface area contributed by atoms with Gasteiger partial charge in [0.1, 0.15) is 25.1 Å². The van der Waals surface area contributed by atoms with Crippen molar-refractivity contribution >= 4 is 35.8 Å². The van der Waals surface area contributed by atoms with Gasteiger partial charge in [0, 0.05) is 18.8 Å². The Morgan fingerprint density at radius 3 is 1.86 bits per heavy atom. The number of Topliss-reactive ketones (excluding diaryl/α,β-unsaturated/α-hetero) is 1. The topological polar surface area (TPSA) is 158 Å². The molecule has 0 aromatic carbocycles. The Kier molecular flexibility index (Phi) is 18.8. The first-order valence-corrected chi connectivity index (χ1v) is 22.1. The number of allylic oxidation sites excluding steroid dienone is 2. The predicted octanol–water partition coefficient (Wildman–Crippen LogP) is 9.31. The molecule has 0 radical (unpaired) electrons. The molecule has 12 nitrogen and oxygen atoms in total. The minimum Gasteiger partial charge on any atom is -0.461 e. The molecule has 0 heterocycles. The Hall–Kier alpha value is -3.70. The molecule has 8 atom stereocenters. The highest BCUT2D eigenvalue weighted by molar-refractivity contribution is 5.79. The molecular formula is C46H70O12. The molecule has 4 fully saturated rings. The SMILES string of the molecule is CC/C=C\CC(=O)OCC(COC(=O)C/C=C\CC)OC(=O)CCCCCCC(=O)OCOC(=O)O[C@@H]1CC[C@@]2(C)[C@@H](CC[C@@H]3[C@@H]2CC[C@]2(C)[C@@H](C(C)=O)CC[C@@H]32)C1. The number of carbonyl (C=O) groups excluding carboxylic acids is 6. The van der Waals surface area contributed by atoms with E-state index in [2.05, 4.69) is 13.8 Å². The van der Waals surface area contributed by atoms with E-state index in [1.54, 1.807) is 19.1 Å². The van der Waals surface area contributed by atoms with Gasteiger partial charge in [0.25, 0.3) is 0 Å². The standard InChI is InChI=1S/C46H70O12/c1-6-8-12-16-40(48)53-29-35(30-54-41(49)17-13-9-7-2)57-43(51)19-15-11-10-14-18-42(50)55-31-56-44(52)58-34-24-26-45(4)33(28-34)20-21-36-38-23-22-37(32(3)47)46(38,5)27-25-39(36)45/h8-9,12-13,33-39H,6-7,10-11,14-31H2,1-5H3/b12-8-,13-9-/t33-,34+,36-,37+,38-,39-,45-,46+/m0/s1. The third-order valence-electron chi connectivity index (χ3n) is 13.8. The molecule has 0 spiro atoms. The molecule has 0 aromatic heterocycles. The predicted molar refractivity (Wildman–Crippen MR) is 216 cm³/mol. The van der Waals surface area contributed by atoms with Crippen LogP contribution in [0.25, 0.3) is 0 Å². The van der Waals surface area contributed by atoms with E-state index < -0.39 is 42.9 Å². The lowest BCUT2D eigenvalue weighted by Crippen LogP contribution is -2.54. The fraction of sp³-hybridized carbons (Fsp3) is 0.783. The summed E-state index contributed by atoms with van der Waals surface area (Å²) in [5.41, 5.74) is 0.365. The summed E-state index contributed by atoms with van der Waals surface area (Å²) < 4.78 is 31.9. The number of rotatable bonds is 22. The zero-order chi connectivity index (χ0) is 42.1. The van der Waals surface area contributed by atoms with E-state index in [0.717, 1.165) is 51.4 Å². The molecule has 0 saturated heterocycles. The van der Waals surface area contributed by atoms with Crippen molar-refractivity contribution in [1.29, 1.82) is 0 Å². The number of ketones is 1. The van der Waals surface area contributed by atoms with Crippen LogP contribution in [0.2, 0.25) is 0 Å². The van der Waals surface area contributed by atoms with Crippen LogP contribution in [0.3, 0.4) is 0 Å². The molecule has 0 amide bonds. The third kappa shape index (κ3) is 13.4. The van der Waals surface area contributed by atoms with Gasteiger partial charge in [-0.2, -0.15) is 0 Å². The molecule has 0 bridgehead atoms.